The molecular weight excluding hydrogens is 440 g/mol. The van der Waals surface area contributed by atoms with Crippen LogP contribution in [0.3, 0.4) is 0 Å². The van der Waals surface area contributed by atoms with E-state index in [-0.39, 0.29) is 31.0 Å². The molecule has 0 N–H and O–H groups in total. The third-order valence-corrected chi connectivity index (χ3v) is 6.40. The molecule has 2 amide bonds. The SMILES string of the molecule is COCCN(CC(=O)N1CCc2sccc2[C@H]1COc1ccc(Cl)cc1)C(=O)COC. The summed E-state index contributed by atoms with van der Waals surface area (Å²) in [4.78, 5) is 30.2. The fourth-order valence-electron chi connectivity index (χ4n) is 3.54. The number of amides is 2. The standard InChI is InChI=1S/C22H27ClN2O5S/c1-28-11-10-24(22(27)15-29-2)13-21(26)25-9-7-20-18(8-12-31-20)19(25)14-30-17-5-3-16(23)4-6-17/h3-6,8,12,19H,7,9-11,13-15H2,1-2H3/t19-/m1/s1. The normalized spacial score (nSPS) is 15.5. The maximum Gasteiger partial charge on any atom is 0.249 e. The molecule has 2 heterocycles. The Morgan fingerprint density at radius 3 is 2.68 bits per heavy atom. The number of halogens is 1. The average Bonchev–Trinajstić information content (AvgIpc) is 3.25. The lowest BCUT2D eigenvalue weighted by atomic mass is 10.0. The maximum absolute atomic E-state index is 13.3. The van der Waals surface area contributed by atoms with Crippen LogP contribution in [0, 0.1) is 0 Å². The first-order chi connectivity index (χ1) is 15.0. The summed E-state index contributed by atoms with van der Waals surface area (Å²) in [5.74, 6) is 0.327. The Labute approximate surface area is 191 Å². The zero-order chi connectivity index (χ0) is 22.2. The topological polar surface area (TPSA) is 68.3 Å². The number of hydrogen-bond acceptors (Lipinski definition) is 6. The maximum atomic E-state index is 13.3. The average molecular weight is 467 g/mol. The van der Waals surface area contributed by atoms with Crippen molar-refractivity contribution in [1.82, 2.24) is 9.80 Å². The van der Waals surface area contributed by atoms with Crippen LogP contribution >= 0.6 is 22.9 Å². The van der Waals surface area contributed by atoms with Crippen LogP contribution < -0.4 is 4.74 Å². The number of nitrogens with zero attached hydrogens (tertiary/aromatic N) is 2. The number of ether oxygens (including phenoxy) is 3. The first-order valence-electron chi connectivity index (χ1n) is 10.0. The summed E-state index contributed by atoms with van der Waals surface area (Å²) in [5, 5.41) is 2.68. The lowest BCUT2D eigenvalue weighted by Crippen LogP contribution is -2.49. The van der Waals surface area contributed by atoms with E-state index in [0.717, 1.165) is 12.0 Å². The highest BCUT2D eigenvalue weighted by Crippen LogP contribution is 2.34. The molecule has 2 aromatic rings. The molecule has 1 atom stereocenters. The number of hydrogen-bond donors (Lipinski definition) is 0. The van der Waals surface area contributed by atoms with Crippen molar-refractivity contribution in [1.29, 1.82) is 0 Å². The van der Waals surface area contributed by atoms with Gasteiger partial charge in [-0.1, -0.05) is 11.6 Å². The molecule has 1 aliphatic rings. The second kappa shape index (κ2) is 11.5. The minimum Gasteiger partial charge on any atom is -0.491 e. The van der Waals surface area contributed by atoms with Crippen molar-refractivity contribution in [2.75, 3.05) is 53.7 Å². The molecule has 3 rings (SSSR count). The van der Waals surface area contributed by atoms with Gasteiger partial charge in [0.1, 0.15) is 19.0 Å². The van der Waals surface area contributed by atoms with Crippen LogP contribution in [0.2, 0.25) is 5.02 Å². The molecule has 7 nitrogen and oxygen atoms in total. The third kappa shape index (κ3) is 6.20. The van der Waals surface area contributed by atoms with Gasteiger partial charge in [0.15, 0.2) is 0 Å². The third-order valence-electron chi connectivity index (χ3n) is 5.15. The Hall–Kier alpha value is -2.13. The molecule has 0 bridgehead atoms. The Morgan fingerprint density at radius 2 is 1.97 bits per heavy atom. The molecular formula is C22H27ClN2O5S. The van der Waals surface area contributed by atoms with Gasteiger partial charge in [-0.2, -0.15) is 0 Å². The summed E-state index contributed by atoms with van der Waals surface area (Å²) in [7, 11) is 3.02. The second-order valence-corrected chi connectivity index (χ2v) is 8.60. The van der Waals surface area contributed by atoms with E-state index in [4.69, 9.17) is 25.8 Å². The highest BCUT2D eigenvalue weighted by molar-refractivity contribution is 7.10. The van der Waals surface area contributed by atoms with Gasteiger partial charge < -0.3 is 24.0 Å². The van der Waals surface area contributed by atoms with E-state index in [1.807, 2.05) is 28.5 Å². The van der Waals surface area contributed by atoms with Crippen molar-refractivity contribution in [3.8, 4) is 5.75 Å². The molecule has 0 unspecified atom stereocenters. The van der Waals surface area contributed by atoms with Gasteiger partial charge in [-0.3, -0.25) is 9.59 Å². The quantitative estimate of drug-likeness (QED) is 0.538. The number of fused-ring (bicyclic) bond motifs is 1. The van der Waals surface area contributed by atoms with Gasteiger partial charge in [0.25, 0.3) is 0 Å². The van der Waals surface area contributed by atoms with E-state index in [0.29, 0.717) is 37.1 Å². The van der Waals surface area contributed by atoms with Crippen LogP contribution in [0.4, 0.5) is 0 Å². The number of thiophene rings is 1. The van der Waals surface area contributed by atoms with Crippen molar-refractivity contribution in [3.63, 3.8) is 0 Å². The number of carbonyl (C=O) groups excluding carboxylic acids is 2. The highest BCUT2D eigenvalue weighted by atomic mass is 35.5. The van der Waals surface area contributed by atoms with Crippen LogP contribution in [0.15, 0.2) is 35.7 Å². The zero-order valence-electron chi connectivity index (χ0n) is 17.7. The molecule has 1 aromatic heterocycles. The van der Waals surface area contributed by atoms with Gasteiger partial charge in [0.05, 0.1) is 19.2 Å². The van der Waals surface area contributed by atoms with Crippen molar-refractivity contribution < 1.29 is 23.8 Å². The fourth-order valence-corrected chi connectivity index (χ4v) is 4.60. The van der Waals surface area contributed by atoms with Crippen molar-refractivity contribution >= 4 is 34.8 Å². The van der Waals surface area contributed by atoms with Gasteiger partial charge in [-0.05, 0) is 47.7 Å². The van der Waals surface area contributed by atoms with E-state index >= 15 is 0 Å². The van der Waals surface area contributed by atoms with E-state index in [1.165, 1.54) is 16.9 Å². The molecule has 0 radical (unpaired) electrons. The summed E-state index contributed by atoms with van der Waals surface area (Å²) in [6.45, 7) is 1.48. The van der Waals surface area contributed by atoms with Crippen LogP contribution in [0.25, 0.3) is 0 Å². The Bertz CT molecular complexity index is 873. The Balaban J connectivity index is 1.74. The van der Waals surface area contributed by atoms with Gasteiger partial charge in [-0.25, -0.2) is 0 Å². The summed E-state index contributed by atoms with van der Waals surface area (Å²) in [5.41, 5.74) is 1.10. The number of carbonyl (C=O) groups is 2. The van der Waals surface area contributed by atoms with Crippen molar-refractivity contribution in [2.24, 2.45) is 0 Å². The first-order valence-corrected chi connectivity index (χ1v) is 11.3. The number of benzene rings is 1. The molecule has 1 aliphatic heterocycles. The summed E-state index contributed by atoms with van der Waals surface area (Å²) < 4.78 is 16.0. The van der Waals surface area contributed by atoms with Crippen molar-refractivity contribution in [2.45, 2.75) is 12.5 Å². The predicted molar refractivity (Wildman–Crippen MR) is 120 cm³/mol. The zero-order valence-corrected chi connectivity index (χ0v) is 19.3. The van der Waals surface area contributed by atoms with Gasteiger partial charge in [0.2, 0.25) is 11.8 Å². The fraction of sp³-hybridized carbons (Fsp3) is 0.455. The largest absolute Gasteiger partial charge is 0.491 e. The van der Waals surface area contributed by atoms with Crippen LogP contribution in [0.1, 0.15) is 16.5 Å². The molecule has 9 heteroatoms. The van der Waals surface area contributed by atoms with E-state index in [9.17, 15) is 9.59 Å². The lowest BCUT2D eigenvalue weighted by Gasteiger charge is -2.37. The van der Waals surface area contributed by atoms with Gasteiger partial charge in [0, 0.05) is 37.2 Å². The lowest BCUT2D eigenvalue weighted by molar-refractivity contribution is -0.145. The molecule has 0 fully saturated rings. The van der Waals surface area contributed by atoms with E-state index in [1.54, 1.807) is 30.6 Å². The van der Waals surface area contributed by atoms with Crippen LogP contribution in [0.5, 0.6) is 5.75 Å². The highest BCUT2D eigenvalue weighted by Gasteiger charge is 2.33. The molecule has 0 saturated carbocycles. The van der Waals surface area contributed by atoms with E-state index in [2.05, 4.69) is 0 Å². The Morgan fingerprint density at radius 1 is 1.19 bits per heavy atom. The monoisotopic (exact) mass is 466 g/mol. The van der Waals surface area contributed by atoms with Gasteiger partial charge >= 0.3 is 0 Å². The second-order valence-electron chi connectivity index (χ2n) is 7.16. The van der Waals surface area contributed by atoms with Crippen LogP contribution in [-0.4, -0.2) is 75.3 Å². The minimum absolute atomic E-state index is 0.0253. The molecule has 0 aliphatic carbocycles. The Kier molecular flexibility index (Phi) is 8.71. The minimum atomic E-state index is -0.241. The molecule has 31 heavy (non-hydrogen) atoms. The van der Waals surface area contributed by atoms with E-state index < -0.39 is 0 Å². The molecule has 1 aromatic carbocycles. The first kappa shape index (κ1) is 23.5. The van der Waals surface area contributed by atoms with Crippen LogP contribution in [-0.2, 0) is 25.5 Å². The molecule has 0 saturated heterocycles. The van der Waals surface area contributed by atoms with Gasteiger partial charge in [-0.15, -0.1) is 11.3 Å². The molecule has 0 spiro atoms. The van der Waals surface area contributed by atoms with Crippen molar-refractivity contribution in [3.05, 3.63) is 51.2 Å². The summed E-state index contributed by atoms with van der Waals surface area (Å²) in [6.07, 6.45) is 0.792. The smallest absolute Gasteiger partial charge is 0.249 e. The predicted octanol–water partition coefficient (Wildman–Crippen LogP) is 3.03. The number of methoxy groups -OCH3 is 2. The molecule has 168 valence electrons. The number of rotatable bonds is 10. The summed E-state index contributed by atoms with van der Waals surface area (Å²) >= 11 is 7.65. The summed E-state index contributed by atoms with van der Waals surface area (Å²) in [6, 6.07) is 8.98.